The van der Waals surface area contributed by atoms with Gasteiger partial charge in [0.05, 0.1) is 0 Å². The highest BCUT2D eigenvalue weighted by atomic mass is 16.3. The number of phenolic OH excluding ortho intramolecular Hbond substituents is 1. The molecule has 1 aromatic carbocycles. The highest BCUT2D eigenvalue weighted by molar-refractivity contribution is 5.29. The van der Waals surface area contributed by atoms with Crippen LogP contribution in [0.15, 0.2) is 24.3 Å². The Balaban J connectivity index is 1.64. The fourth-order valence-electron chi connectivity index (χ4n) is 4.01. The van der Waals surface area contributed by atoms with Crippen molar-refractivity contribution in [1.82, 2.24) is 4.90 Å². The fourth-order valence-corrected chi connectivity index (χ4v) is 4.01. The number of phenols is 1. The molecule has 1 aliphatic carbocycles. The first-order valence-corrected chi connectivity index (χ1v) is 7.72. The summed E-state index contributed by atoms with van der Waals surface area (Å²) in [5.74, 6) is 0.383. The minimum Gasteiger partial charge on any atom is -0.508 e. The van der Waals surface area contributed by atoms with E-state index in [4.69, 9.17) is 0 Å². The molecule has 2 aliphatic rings. The molecule has 1 unspecified atom stereocenters. The van der Waals surface area contributed by atoms with Crippen molar-refractivity contribution in [2.75, 3.05) is 13.1 Å². The van der Waals surface area contributed by atoms with Crippen LogP contribution in [0.25, 0.3) is 0 Å². The Hall–Kier alpha value is -1.02. The maximum atomic E-state index is 9.61. The number of hydrogen-bond acceptors (Lipinski definition) is 2. The van der Waals surface area contributed by atoms with Crippen LogP contribution in [-0.4, -0.2) is 23.1 Å². The Morgan fingerprint density at radius 1 is 1.11 bits per heavy atom. The van der Waals surface area contributed by atoms with Crippen LogP contribution in [0.1, 0.15) is 57.1 Å². The largest absolute Gasteiger partial charge is 0.508 e. The van der Waals surface area contributed by atoms with E-state index in [1.165, 1.54) is 57.2 Å². The second kappa shape index (κ2) is 5.16. The van der Waals surface area contributed by atoms with Gasteiger partial charge >= 0.3 is 0 Å². The van der Waals surface area contributed by atoms with E-state index in [0.717, 1.165) is 0 Å². The van der Waals surface area contributed by atoms with Crippen LogP contribution in [0, 0.1) is 5.41 Å². The van der Waals surface area contributed by atoms with Crippen molar-refractivity contribution in [3.63, 3.8) is 0 Å². The topological polar surface area (TPSA) is 23.5 Å². The van der Waals surface area contributed by atoms with Crippen LogP contribution < -0.4 is 0 Å². The fraction of sp³-hybridized carbons (Fsp3) is 0.647. The second-order valence-corrected chi connectivity index (χ2v) is 6.51. The molecule has 2 nitrogen and oxygen atoms in total. The van der Waals surface area contributed by atoms with E-state index in [9.17, 15) is 5.11 Å². The van der Waals surface area contributed by atoms with E-state index in [1.807, 2.05) is 12.1 Å². The molecule has 1 saturated carbocycles. The smallest absolute Gasteiger partial charge is 0.115 e. The lowest BCUT2D eigenvalue weighted by Crippen LogP contribution is -2.40. The molecular weight excluding hydrogens is 234 g/mol. The molecule has 0 aromatic heterocycles. The molecule has 1 heterocycles. The van der Waals surface area contributed by atoms with E-state index in [0.29, 0.717) is 17.2 Å². The summed E-state index contributed by atoms with van der Waals surface area (Å²) in [6, 6.07) is 8.16. The molecule has 0 radical (unpaired) electrons. The van der Waals surface area contributed by atoms with Crippen LogP contribution in [-0.2, 0) is 0 Å². The quantitative estimate of drug-likeness (QED) is 0.864. The van der Waals surface area contributed by atoms with Crippen molar-refractivity contribution < 1.29 is 5.11 Å². The van der Waals surface area contributed by atoms with Gasteiger partial charge in [-0.05, 0) is 68.8 Å². The summed E-state index contributed by atoms with van der Waals surface area (Å²) < 4.78 is 0. The van der Waals surface area contributed by atoms with Gasteiger partial charge in [-0.3, -0.25) is 4.90 Å². The summed E-state index contributed by atoms with van der Waals surface area (Å²) in [4.78, 5) is 2.58. The molecule has 1 N–H and O–H groups in total. The van der Waals surface area contributed by atoms with Gasteiger partial charge in [0.15, 0.2) is 0 Å². The molecule has 1 atom stereocenters. The van der Waals surface area contributed by atoms with Crippen molar-refractivity contribution in [3.8, 4) is 5.75 Å². The summed E-state index contributed by atoms with van der Waals surface area (Å²) in [5, 5.41) is 9.61. The van der Waals surface area contributed by atoms with Crippen molar-refractivity contribution in [3.05, 3.63) is 29.8 Å². The third kappa shape index (κ3) is 2.64. The lowest BCUT2D eigenvalue weighted by atomic mass is 9.76. The van der Waals surface area contributed by atoms with Gasteiger partial charge in [-0.15, -0.1) is 0 Å². The molecular formula is C17H25NO. The standard InChI is InChI=1S/C17H25NO/c1-14(15-5-4-6-16(19)13-15)18-11-9-17(10-12-18)7-2-3-8-17/h4-6,13-14,19H,2-3,7-12H2,1H3. The predicted octanol–water partition coefficient (Wildman–Crippen LogP) is 4.11. The van der Waals surface area contributed by atoms with E-state index >= 15 is 0 Å². The summed E-state index contributed by atoms with van der Waals surface area (Å²) in [6.45, 7) is 4.70. The molecule has 1 aliphatic heterocycles. The summed E-state index contributed by atoms with van der Waals surface area (Å²) in [7, 11) is 0. The van der Waals surface area contributed by atoms with Crippen molar-refractivity contribution in [1.29, 1.82) is 0 Å². The normalized spacial score (nSPS) is 24.7. The van der Waals surface area contributed by atoms with Gasteiger partial charge in [-0.25, -0.2) is 0 Å². The zero-order chi connectivity index (χ0) is 13.3. The Morgan fingerprint density at radius 2 is 1.79 bits per heavy atom. The first-order chi connectivity index (χ1) is 9.19. The predicted molar refractivity (Wildman–Crippen MR) is 78.2 cm³/mol. The van der Waals surface area contributed by atoms with Gasteiger partial charge in [-0.1, -0.05) is 25.0 Å². The van der Waals surface area contributed by atoms with Crippen LogP contribution >= 0.6 is 0 Å². The lowest BCUT2D eigenvalue weighted by Gasteiger charge is -2.42. The van der Waals surface area contributed by atoms with Crippen molar-refractivity contribution in [2.45, 2.75) is 51.5 Å². The van der Waals surface area contributed by atoms with E-state index in [-0.39, 0.29) is 0 Å². The van der Waals surface area contributed by atoms with Crippen LogP contribution in [0.5, 0.6) is 5.75 Å². The minimum atomic E-state index is 0.383. The van der Waals surface area contributed by atoms with Gasteiger partial charge in [0.1, 0.15) is 5.75 Å². The Morgan fingerprint density at radius 3 is 2.42 bits per heavy atom. The molecule has 2 heteroatoms. The average molecular weight is 259 g/mol. The SMILES string of the molecule is CC(c1cccc(O)c1)N1CCC2(CCCC2)CC1. The van der Waals surface area contributed by atoms with Crippen molar-refractivity contribution in [2.24, 2.45) is 5.41 Å². The Labute approximate surface area is 116 Å². The van der Waals surface area contributed by atoms with E-state index in [1.54, 1.807) is 6.07 Å². The molecule has 19 heavy (non-hydrogen) atoms. The summed E-state index contributed by atoms with van der Waals surface area (Å²) in [6.07, 6.45) is 8.55. The maximum absolute atomic E-state index is 9.61. The number of likely N-dealkylation sites (tertiary alicyclic amines) is 1. The summed E-state index contributed by atoms with van der Waals surface area (Å²) in [5.41, 5.74) is 1.93. The molecule has 1 aromatic rings. The molecule has 0 bridgehead atoms. The molecule has 3 rings (SSSR count). The third-order valence-electron chi connectivity index (χ3n) is 5.42. The second-order valence-electron chi connectivity index (χ2n) is 6.51. The number of benzene rings is 1. The maximum Gasteiger partial charge on any atom is 0.115 e. The molecule has 104 valence electrons. The zero-order valence-corrected chi connectivity index (χ0v) is 11.9. The average Bonchev–Trinajstić information content (AvgIpc) is 2.87. The van der Waals surface area contributed by atoms with Gasteiger partial charge in [0.25, 0.3) is 0 Å². The van der Waals surface area contributed by atoms with Crippen molar-refractivity contribution >= 4 is 0 Å². The number of nitrogens with zero attached hydrogens (tertiary/aromatic N) is 1. The van der Waals surface area contributed by atoms with Crippen LogP contribution in [0.2, 0.25) is 0 Å². The van der Waals surface area contributed by atoms with Gasteiger partial charge in [-0.2, -0.15) is 0 Å². The molecule has 0 amide bonds. The van der Waals surface area contributed by atoms with E-state index in [2.05, 4.69) is 17.9 Å². The third-order valence-corrected chi connectivity index (χ3v) is 5.42. The van der Waals surface area contributed by atoms with Gasteiger partial charge in [0.2, 0.25) is 0 Å². The first-order valence-electron chi connectivity index (χ1n) is 7.72. The molecule has 2 fully saturated rings. The van der Waals surface area contributed by atoms with Gasteiger partial charge in [0, 0.05) is 6.04 Å². The summed E-state index contributed by atoms with van der Waals surface area (Å²) >= 11 is 0. The number of aromatic hydroxyl groups is 1. The Kier molecular flexibility index (Phi) is 3.53. The molecule has 1 saturated heterocycles. The molecule has 1 spiro atoms. The number of rotatable bonds is 2. The van der Waals surface area contributed by atoms with Gasteiger partial charge < -0.3 is 5.11 Å². The highest BCUT2D eigenvalue weighted by Crippen LogP contribution is 2.47. The van der Waals surface area contributed by atoms with Crippen LogP contribution in [0.3, 0.4) is 0 Å². The monoisotopic (exact) mass is 259 g/mol. The first kappa shape index (κ1) is 13.0. The lowest BCUT2D eigenvalue weighted by molar-refractivity contribution is 0.0813. The number of piperidine rings is 1. The number of hydrogen-bond donors (Lipinski definition) is 1. The zero-order valence-electron chi connectivity index (χ0n) is 11.9. The highest BCUT2D eigenvalue weighted by Gasteiger charge is 2.37. The van der Waals surface area contributed by atoms with E-state index < -0.39 is 0 Å². The Bertz CT molecular complexity index is 427. The minimum absolute atomic E-state index is 0.383. The van der Waals surface area contributed by atoms with Crippen LogP contribution in [0.4, 0.5) is 0 Å².